The van der Waals surface area contributed by atoms with Gasteiger partial charge in [0.25, 0.3) is 0 Å². The summed E-state index contributed by atoms with van der Waals surface area (Å²) in [6.45, 7) is 2.89. The lowest BCUT2D eigenvalue weighted by atomic mass is 10.2. The Hall–Kier alpha value is -1.36. The van der Waals surface area contributed by atoms with E-state index >= 15 is 0 Å². The van der Waals surface area contributed by atoms with E-state index in [9.17, 15) is 9.59 Å². The minimum atomic E-state index is -0.885. The van der Waals surface area contributed by atoms with E-state index in [-0.39, 0.29) is 5.57 Å². The predicted octanol–water partition coefficient (Wildman–Crippen LogP) is -0.785. The third-order valence-electron chi connectivity index (χ3n) is 1.64. The summed E-state index contributed by atoms with van der Waals surface area (Å²) in [5, 5.41) is 9.00. The van der Waals surface area contributed by atoms with Crippen molar-refractivity contribution in [2.75, 3.05) is 7.05 Å². The van der Waals surface area contributed by atoms with Crippen molar-refractivity contribution in [2.24, 2.45) is 5.73 Å². The lowest BCUT2D eigenvalue weighted by Crippen LogP contribution is -2.34. The van der Waals surface area contributed by atoms with Crippen molar-refractivity contribution in [3.8, 4) is 0 Å². The number of nitrogens with zero attached hydrogens (tertiary/aromatic N) is 1. The van der Waals surface area contributed by atoms with Crippen molar-refractivity contribution in [2.45, 2.75) is 20.1 Å². The van der Waals surface area contributed by atoms with Crippen molar-refractivity contribution in [1.29, 1.82) is 0 Å². The van der Waals surface area contributed by atoms with Gasteiger partial charge in [0, 0.05) is 18.7 Å². The van der Waals surface area contributed by atoms with E-state index in [2.05, 4.69) is 0 Å². The SMILES string of the molecule is C/C(=C\C(=O)N(C)C(C)O)C(N)=O. The Kier molecular flexibility index (Phi) is 4.13. The van der Waals surface area contributed by atoms with Crippen molar-refractivity contribution in [1.82, 2.24) is 4.90 Å². The first kappa shape index (κ1) is 11.6. The fraction of sp³-hybridized carbons (Fsp3) is 0.500. The quantitative estimate of drug-likeness (QED) is 0.447. The predicted molar refractivity (Wildman–Crippen MR) is 47.4 cm³/mol. The fourth-order valence-electron chi connectivity index (χ4n) is 0.542. The fourth-order valence-corrected chi connectivity index (χ4v) is 0.542. The molecule has 0 bridgehead atoms. The van der Waals surface area contributed by atoms with Crippen LogP contribution in [0.1, 0.15) is 13.8 Å². The second-order valence-electron chi connectivity index (χ2n) is 2.77. The Morgan fingerprint density at radius 2 is 2.00 bits per heavy atom. The molecule has 0 spiro atoms. The first-order valence-electron chi connectivity index (χ1n) is 3.79. The molecule has 1 atom stereocenters. The number of carbonyl (C=O) groups is 2. The van der Waals surface area contributed by atoms with Gasteiger partial charge in [0.15, 0.2) is 0 Å². The van der Waals surface area contributed by atoms with Crippen LogP contribution in [0.25, 0.3) is 0 Å². The molecule has 1 unspecified atom stereocenters. The highest BCUT2D eigenvalue weighted by atomic mass is 16.3. The molecule has 0 aromatic heterocycles. The highest BCUT2D eigenvalue weighted by molar-refractivity contribution is 5.99. The molecule has 0 aliphatic rings. The summed E-state index contributed by atoms with van der Waals surface area (Å²) in [5.74, 6) is -1.10. The smallest absolute Gasteiger partial charge is 0.248 e. The maximum absolute atomic E-state index is 11.2. The molecule has 2 amide bonds. The van der Waals surface area contributed by atoms with Gasteiger partial charge in [0.2, 0.25) is 11.8 Å². The summed E-state index contributed by atoms with van der Waals surface area (Å²) < 4.78 is 0. The number of aliphatic hydroxyl groups excluding tert-OH is 1. The normalized spacial score (nSPS) is 13.7. The van der Waals surface area contributed by atoms with E-state index in [0.717, 1.165) is 11.0 Å². The number of likely N-dealkylation sites (N-methyl/N-ethyl adjacent to an activating group) is 1. The summed E-state index contributed by atoms with van der Waals surface area (Å²) in [6, 6.07) is 0. The molecule has 0 aromatic rings. The summed E-state index contributed by atoms with van der Waals surface area (Å²) in [5.41, 5.74) is 5.08. The number of amides is 2. The summed E-state index contributed by atoms with van der Waals surface area (Å²) >= 11 is 0. The van der Waals surface area contributed by atoms with Crippen molar-refractivity contribution in [3.05, 3.63) is 11.6 Å². The summed E-state index contributed by atoms with van der Waals surface area (Å²) in [4.78, 5) is 22.8. The molecule has 5 heteroatoms. The summed E-state index contributed by atoms with van der Waals surface area (Å²) in [6.07, 6.45) is 0.208. The standard InChI is InChI=1S/C8H14N2O3/c1-5(8(9)13)4-7(12)10(3)6(2)11/h4,6,11H,1-3H3,(H2,9,13)/b5-4+. The molecule has 3 N–H and O–H groups in total. The van der Waals surface area contributed by atoms with E-state index in [1.807, 2.05) is 0 Å². The number of rotatable bonds is 3. The molecule has 0 aromatic carbocycles. The number of carbonyl (C=O) groups excluding carboxylic acids is 2. The minimum Gasteiger partial charge on any atom is -0.374 e. The molecule has 74 valence electrons. The van der Waals surface area contributed by atoms with E-state index in [1.54, 1.807) is 0 Å². The molecular formula is C8H14N2O3. The maximum atomic E-state index is 11.2. The molecule has 5 nitrogen and oxygen atoms in total. The molecule has 13 heavy (non-hydrogen) atoms. The molecule has 0 saturated carbocycles. The topological polar surface area (TPSA) is 83.6 Å². The summed E-state index contributed by atoms with van der Waals surface area (Å²) in [7, 11) is 1.43. The van der Waals surface area contributed by atoms with E-state index in [1.165, 1.54) is 20.9 Å². The van der Waals surface area contributed by atoms with Gasteiger partial charge in [0.05, 0.1) is 0 Å². The number of aliphatic hydroxyl groups is 1. The van der Waals surface area contributed by atoms with Crippen LogP contribution in [0.5, 0.6) is 0 Å². The molecule has 0 aliphatic heterocycles. The van der Waals surface area contributed by atoms with Crippen LogP contribution in [0.15, 0.2) is 11.6 Å². The van der Waals surface area contributed by atoms with E-state index in [0.29, 0.717) is 0 Å². The van der Waals surface area contributed by atoms with Gasteiger partial charge in [-0.05, 0) is 13.8 Å². The Labute approximate surface area is 76.8 Å². The monoisotopic (exact) mass is 186 g/mol. The van der Waals surface area contributed by atoms with Crippen LogP contribution >= 0.6 is 0 Å². The minimum absolute atomic E-state index is 0.164. The molecular weight excluding hydrogens is 172 g/mol. The Morgan fingerprint density at radius 1 is 1.54 bits per heavy atom. The third kappa shape index (κ3) is 3.71. The lowest BCUT2D eigenvalue weighted by molar-refractivity contribution is -0.132. The molecule has 0 heterocycles. The van der Waals surface area contributed by atoms with Gasteiger partial charge >= 0.3 is 0 Å². The first-order chi connectivity index (χ1) is 5.86. The van der Waals surface area contributed by atoms with Crippen LogP contribution in [0.2, 0.25) is 0 Å². The van der Waals surface area contributed by atoms with Gasteiger partial charge in [-0.15, -0.1) is 0 Å². The zero-order chi connectivity index (χ0) is 10.6. The van der Waals surface area contributed by atoms with Crippen LogP contribution in [-0.2, 0) is 9.59 Å². The maximum Gasteiger partial charge on any atom is 0.248 e. The highest BCUT2D eigenvalue weighted by Gasteiger charge is 2.11. The molecule has 0 radical (unpaired) electrons. The third-order valence-corrected chi connectivity index (χ3v) is 1.64. The zero-order valence-corrected chi connectivity index (χ0v) is 7.94. The Bertz CT molecular complexity index is 246. The van der Waals surface area contributed by atoms with Crippen LogP contribution in [0.4, 0.5) is 0 Å². The Morgan fingerprint density at radius 3 is 2.31 bits per heavy atom. The van der Waals surface area contributed by atoms with Crippen LogP contribution in [-0.4, -0.2) is 35.1 Å². The van der Waals surface area contributed by atoms with Gasteiger partial charge in [-0.2, -0.15) is 0 Å². The van der Waals surface area contributed by atoms with Gasteiger partial charge in [0.1, 0.15) is 6.23 Å². The van der Waals surface area contributed by atoms with Crippen molar-refractivity contribution < 1.29 is 14.7 Å². The second-order valence-corrected chi connectivity index (χ2v) is 2.77. The number of hydrogen-bond donors (Lipinski definition) is 2. The molecule has 0 fully saturated rings. The largest absolute Gasteiger partial charge is 0.374 e. The van der Waals surface area contributed by atoms with Crippen LogP contribution < -0.4 is 5.73 Å². The second kappa shape index (κ2) is 4.61. The van der Waals surface area contributed by atoms with E-state index in [4.69, 9.17) is 10.8 Å². The lowest BCUT2D eigenvalue weighted by Gasteiger charge is -2.18. The van der Waals surface area contributed by atoms with Gasteiger partial charge in [-0.1, -0.05) is 0 Å². The van der Waals surface area contributed by atoms with Gasteiger partial charge in [-0.25, -0.2) is 0 Å². The first-order valence-corrected chi connectivity index (χ1v) is 3.79. The van der Waals surface area contributed by atoms with Gasteiger partial charge < -0.3 is 15.7 Å². The Balaban J connectivity index is 4.46. The van der Waals surface area contributed by atoms with Crippen molar-refractivity contribution in [3.63, 3.8) is 0 Å². The van der Waals surface area contributed by atoms with Crippen molar-refractivity contribution >= 4 is 11.8 Å². The highest BCUT2D eigenvalue weighted by Crippen LogP contribution is 1.97. The average molecular weight is 186 g/mol. The number of primary amides is 1. The van der Waals surface area contributed by atoms with Gasteiger partial charge in [-0.3, -0.25) is 9.59 Å². The zero-order valence-electron chi connectivity index (χ0n) is 7.94. The molecule has 0 aliphatic carbocycles. The molecule has 0 rings (SSSR count). The van der Waals surface area contributed by atoms with Crippen LogP contribution in [0.3, 0.4) is 0 Å². The average Bonchev–Trinajstić information content (AvgIpc) is 2.02. The number of nitrogens with two attached hydrogens (primary N) is 1. The van der Waals surface area contributed by atoms with E-state index < -0.39 is 18.0 Å². The van der Waals surface area contributed by atoms with Crippen LogP contribution in [0, 0.1) is 0 Å². The molecule has 0 saturated heterocycles. The number of hydrogen-bond acceptors (Lipinski definition) is 3.